The van der Waals surface area contributed by atoms with E-state index in [4.69, 9.17) is 16.7 Å². The van der Waals surface area contributed by atoms with Gasteiger partial charge in [0.05, 0.1) is 11.4 Å². The quantitative estimate of drug-likeness (QED) is 0.705. The number of fused-ring (bicyclic) bond motifs is 1. The Morgan fingerprint density at radius 1 is 1.08 bits per heavy atom. The van der Waals surface area contributed by atoms with E-state index in [1.54, 1.807) is 0 Å². The third kappa shape index (κ3) is 3.29. The molecule has 2 aromatic carbocycles. The maximum atomic E-state index is 6.38. The molecule has 1 aliphatic rings. The third-order valence-electron chi connectivity index (χ3n) is 4.81. The molecule has 3 aromatic rings. The van der Waals surface area contributed by atoms with E-state index >= 15 is 0 Å². The van der Waals surface area contributed by atoms with Crippen molar-refractivity contribution >= 4 is 17.4 Å². The van der Waals surface area contributed by atoms with Crippen molar-refractivity contribution in [2.75, 3.05) is 11.9 Å². The van der Waals surface area contributed by atoms with E-state index in [0.717, 1.165) is 47.2 Å². The number of hydrogen-bond acceptors (Lipinski definition) is 2. The molecule has 0 atom stereocenters. The SMILES string of the molecule is Cc1ccc(-n2nc(Cc3ccccc3Cl)c3c2NCCCC3)cc1. The van der Waals surface area contributed by atoms with E-state index in [9.17, 15) is 0 Å². The number of nitrogens with zero attached hydrogens (tertiary/aromatic N) is 2. The van der Waals surface area contributed by atoms with E-state index in [-0.39, 0.29) is 0 Å². The van der Waals surface area contributed by atoms with E-state index in [2.05, 4.69) is 47.3 Å². The lowest BCUT2D eigenvalue weighted by molar-refractivity contribution is 0.767. The number of rotatable bonds is 3. The van der Waals surface area contributed by atoms with Gasteiger partial charge >= 0.3 is 0 Å². The average molecular weight is 352 g/mol. The summed E-state index contributed by atoms with van der Waals surface area (Å²) in [6, 6.07) is 16.6. The molecule has 4 rings (SSSR count). The largest absolute Gasteiger partial charge is 0.370 e. The van der Waals surface area contributed by atoms with Crippen molar-refractivity contribution in [2.45, 2.75) is 32.6 Å². The molecule has 3 nitrogen and oxygen atoms in total. The Labute approximate surface area is 153 Å². The van der Waals surface area contributed by atoms with Crippen LogP contribution in [0.4, 0.5) is 5.82 Å². The first-order valence-electron chi connectivity index (χ1n) is 8.87. The molecule has 0 bridgehead atoms. The van der Waals surface area contributed by atoms with Gasteiger partial charge in [-0.2, -0.15) is 5.10 Å². The summed E-state index contributed by atoms with van der Waals surface area (Å²) in [6.45, 7) is 3.10. The highest BCUT2D eigenvalue weighted by Gasteiger charge is 2.21. The van der Waals surface area contributed by atoms with E-state index in [1.165, 1.54) is 24.0 Å². The van der Waals surface area contributed by atoms with Crippen molar-refractivity contribution in [3.05, 3.63) is 75.9 Å². The van der Waals surface area contributed by atoms with Gasteiger partial charge in [0.15, 0.2) is 0 Å². The topological polar surface area (TPSA) is 29.9 Å². The van der Waals surface area contributed by atoms with Crippen LogP contribution in [-0.4, -0.2) is 16.3 Å². The number of anilines is 1. The Morgan fingerprint density at radius 2 is 1.88 bits per heavy atom. The Kier molecular flexibility index (Phi) is 4.50. The minimum absolute atomic E-state index is 0.766. The van der Waals surface area contributed by atoms with Crippen LogP contribution < -0.4 is 5.32 Å². The van der Waals surface area contributed by atoms with Crippen molar-refractivity contribution in [3.8, 4) is 5.69 Å². The average Bonchev–Trinajstić information content (AvgIpc) is 2.80. The molecule has 1 N–H and O–H groups in total. The van der Waals surface area contributed by atoms with Gasteiger partial charge in [0.1, 0.15) is 5.82 Å². The zero-order valence-electron chi connectivity index (χ0n) is 14.4. The second-order valence-corrected chi connectivity index (χ2v) is 7.08. The van der Waals surface area contributed by atoms with E-state index in [1.807, 2.05) is 18.2 Å². The van der Waals surface area contributed by atoms with Crippen molar-refractivity contribution in [2.24, 2.45) is 0 Å². The molecule has 1 aromatic heterocycles. The van der Waals surface area contributed by atoms with Gasteiger partial charge in [-0.1, -0.05) is 47.5 Å². The first kappa shape index (κ1) is 16.2. The highest BCUT2D eigenvalue weighted by atomic mass is 35.5. The molecular formula is C21H22ClN3. The smallest absolute Gasteiger partial charge is 0.133 e. The predicted octanol–water partition coefficient (Wildman–Crippen LogP) is 5.17. The molecule has 0 spiro atoms. The predicted molar refractivity (Wildman–Crippen MR) is 104 cm³/mol. The van der Waals surface area contributed by atoms with Crippen LogP contribution in [0.2, 0.25) is 5.02 Å². The summed E-state index contributed by atoms with van der Waals surface area (Å²) in [5, 5.41) is 9.37. The summed E-state index contributed by atoms with van der Waals surface area (Å²) >= 11 is 6.38. The standard InChI is InChI=1S/C21H22ClN3/c1-15-9-11-17(12-10-15)25-21-18(7-4-5-13-23-21)20(24-25)14-16-6-2-3-8-19(16)22/h2-3,6,8-12,23H,4-5,7,13-14H2,1H3. The maximum Gasteiger partial charge on any atom is 0.133 e. The summed E-state index contributed by atoms with van der Waals surface area (Å²) in [5.74, 6) is 1.14. The monoisotopic (exact) mass is 351 g/mol. The first-order valence-corrected chi connectivity index (χ1v) is 9.25. The number of benzene rings is 2. The molecule has 0 saturated carbocycles. The fourth-order valence-electron chi connectivity index (χ4n) is 3.41. The van der Waals surface area contributed by atoms with Crippen LogP contribution in [0.1, 0.15) is 35.2 Å². The van der Waals surface area contributed by atoms with E-state index < -0.39 is 0 Å². The summed E-state index contributed by atoms with van der Waals surface area (Å²) in [5.41, 5.74) is 5.94. The molecule has 0 amide bonds. The second kappa shape index (κ2) is 6.93. The lowest BCUT2D eigenvalue weighted by atomic mass is 10.0. The normalized spacial score (nSPS) is 13.8. The summed E-state index contributed by atoms with van der Waals surface area (Å²) in [7, 11) is 0. The highest BCUT2D eigenvalue weighted by molar-refractivity contribution is 6.31. The number of aromatic nitrogens is 2. The van der Waals surface area contributed by atoms with Crippen LogP contribution in [0.25, 0.3) is 5.69 Å². The van der Waals surface area contributed by atoms with Gasteiger partial charge in [0.2, 0.25) is 0 Å². The Balaban J connectivity index is 1.79. The van der Waals surface area contributed by atoms with Gasteiger partial charge in [0, 0.05) is 23.6 Å². The van der Waals surface area contributed by atoms with Gasteiger partial charge < -0.3 is 5.32 Å². The fourth-order valence-corrected chi connectivity index (χ4v) is 3.61. The molecule has 0 saturated heterocycles. The molecule has 0 aliphatic carbocycles. The van der Waals surface area contributed by atoms with Gasteiger partial charge in [0.25, 0.3) is 0 Å². The minimum Gasteiger partial charge on any atom is -0.370 e. The first-order chi connectivity index (χ1) is 12.2. The zero-order valence-corrected chi connectivity index (χ0v) is 15.2. The Bertz CT molecular complexity index is 881. The minimum atomic E-state index is 0.766. The maximum absolute atomic E-state index is 6.38. The van der Waals surface area contributed by atoms with Crippen molar-refractivity contribution in [1.82, 2.24) is 9.78 Å². The van der Waals surface area contributed by atoms with Crippen LogP contribution in [0, 0.1) is 6.92 Å². The van der Waals surface area contributed by atoms with Crippen LogP contribution in [0.3, 0.4) is 0 Å². The number of halogens is 1. The summed E-state index contributed by atoms with van der Waals surface area (Å²) in [4.78, 5) is 0. The van der Waals surface area contributed by atoms with Gasteiger partial charge in [-0.05, 0) is 49.9 Å². The highest BCUT2D eigenvalue weighted by Crippen LogP contribution is 2.30. The molecule has 2 heterocycles. The van der Waals surface area contributed by atoms with Gasteiger partial charge in [-0.25, -0.2) is 4.68 Å². The van der Waals surface area contributed by atoms with E-state index in [0.29, 0.717) is 0 Å². The third-order valence-corrected chi connectivity index (χ3v) is 5.18. The number of nitrogens with one attached hydrogen (secondary N) is 1. The van der Waals surface area contributed by atoms with Gasteiger partial charge in [-0.3, -0.25) is 0 Å². The van der Waals surface area contributed by atoms with Crippen LogP contribution in [-0.2, 0) is 12.8 Å². The van der Waals surface area contributed by atoms with Crippen LogP contribution in [0.15, 0.2) is 48.5 Å². The lowest BCUT2D eigenvalue weighted by Crippen LogP contribution is -2.07. The molecule has 128 valence electrons. The van der Waals surface area contributed by atoms with Crippen LogP contribution >= 0.6 is 11.6 Å². The molecule has 0 radical (unpaired) electrons. The molecule has 0 unspecified atom stereocenters. The Hall–Kier alpha value is -2.26. The zero-order chi connectivity index (χ0) is 17.2. The van der Waals surface area contributed by atoms with Crippen molar-refractivity contribution in [3.63, 3.8) is 0 Å². The molecule has 25 heavy (non-hydrogen) atoms. The van der Waals surface area contributed by atoms with Crippen LogP contribution in [0.5, 0.6) is 0 Å². The molecular weight excluding hydrogens is 330 g/mol. The van der Waals surface area contributed by atoms with Crippen molar-refractivity contribution < 1.29 is 0 Å². The molecule has 4 heteroatoms. The summed E-state index contributed by atoms with van der Waals surface area (Å²) in [6.07, 6.45) is 4.21. The summed E-state index contributed by atoms with van der Waals surface area (Å²) < 4.78 is 2.06. The second-order valence-electron chi connectivity index (χ2n) is 6.67. The van der Waals surface area contributed by atoms with Crippen molar-refractivity contribution in [1.29, 1.82) is 0 Å². The lowest BCUT2D eigenvalue weighted by Gasteiger charge is -2.09. The Morgan fingerprint density at radius 3 is 2.68 bits per heavy atom. The molecule has 1 aliphatic heterocycles. The molecule has 0 fully saturated rings. The fraction of sp³-hybridized carbons (Fsp3) is 0.286. The number of hydrogen-bond donors (Lipinski definition) is 1. The van der Waals surface area contributed by atoms with Gasteiger partial charge in [-0.15, -0.1) is 0 Å². The number of aryl methyl sites for hydroxylation is 1.